The summed E-state index contributed by atoms with van der Waals surface area (Å²) >= 11 is 0. The van der Waals surface area contributed by atoms with Gasteiger partial charge in [-0.1, -0.05) is 146 Å². The van der Waals surface area contributed by atoms with E-state index in [2.05, 4.69) is 193 Å². The van der Waals surface area contributed by atoms with Crippen LogP contribution >= 0.6 is 0 Å². The normalized spacial score (nSPS) is 11.9. The van der Waals surface area contributed by atoms with Crippen molar-refractivity contribution in [3.05, 3.63) is 199 Å². The molecule has 9 aromatic rings. The van der Waals surface area contributed by atoms with Crippen molar-refractivity contribution in [2.75, 3.05) is 4.90 Å². The largest absolute Gasteiger partial charge is 0.310 e. The summed E-state index contributed by atoms with van der Waals surface area (Å²) in [4.78, 5) is 2.36. The molecule has 0 amide bonds. The van der Waals surface area contributed by atoms with Gasteiger partial charge in [0.2, 0.25) is 0 Å². The molecule has 10 rings (SSSR count). The van der Waals surface area contributed by atoms with Gasteiger partial charge in [0.1, 0.15) is 0 Å². The quantitative estimate of drug-likeness (QED) is 0.170. The van der Waals surface area contributed by atoms with Gasteiger partial charge in [0.15, 0.2) is 0 Å². The van der Waals surface area contributed by atoms with Gasteiger partial charge in [-0.2, -0.15) is 0 Å². The Morgan fingerprint density at radius 1 is 0.300 bits per heavy atom. The predicted molar refractivity (Wildman–Crippen MR) is 213 cm³/mol. The molecular formula is C49H33N. The zero-order valence-electron chi connectivity index (χ0n) is 27.6. The molecule has 0 unspecified atom stereocenters. The number of anilines is 3. The second kappa shape index (κ2) is 11.6. The van der Waals surface area contributed by atoms with Crippen LogP contribution in [0.5, 0.6) is 0 Å². The number of hydrogen-bond acceptors (Lipinski definition) is 1. The number of hydrogen-bond donors (Lipinski definition) is 0. The topological polar surface area (TPSA) is 3.24 Å². The smallest absolute Gasteiger partial charge is 0.0468 e. The van der Waals surface area contributed by atoms with Gasteiger partial charge in [-0.25, -0.2) is 0 Å². The third-order valence-corrected chi connectivity index (χ3v) is 10.5. The molecule has 1 aliphatic carbocycles. The van der Waals surface area contributed by atoms with E-state index in [1.165, 1.54) is 76.8 Å². The summed E-state index contributed by atoms with van der Waals surface area (Å²) < 4.78 is 0. The Morgan fingerprint density at radius 2 is 0.900 bits per heavy atom. The van der Waals surface area contributed by atoms with Crippen LogP contribution in [-0.2, 0) is 6.42 Å². The lowest BCUT2D eigenvalue weighted by molar-refractivity contribution is 1.27. The minimum atomic E-state index is 0.931. The van der Waals surface area contributed by atoms with Gasteiger partial charge in [-0.05, 0) is 126 Å². The highest BCUT2D eigenvalue weighted by molar-refractivity contribution is 6.09. The van der Waals surface area contributed by atoms with Crippen molar-refractivity contribution in [1.29, 1.82) is 0 Å². The Morgan fingerprint density at radius 3 is 1.72 bits per heavy atom. The van der Waals surface area contributed by atoms with Gasteiger partial charge >= 0.3 is 0 Å². The van der Waals surface area contributed by atoms with Gasteiger partial charge in [0, 0.05) is 17.1 Å². The highest BCUT2D eigenvalue weighted by Crippen LogP contribution is 2.47. The third-order valence-electron chi connectivity index (χ3n) is 10.5. The molecule has 0 radical (unpaired) electrons. The molecule has 0 fully saturated rings. The van der Waals surface area contributed by atoms with Crippen molar-refractivity contribution < 1.29 is 0 Å². The van der Waals surface area contributed by atoms with Crippen molar-refractivity contribution >= 4 is 49.4 Å². The molecule has 0 spiro atoms. The molecule has 50 heavy (non-hydrogen) atoms. The average Bonchev–Trinajstić information content (AvgIpc) is 3.58. The highest BCUT2D eigenvalue weighted by Gasteiger charge is 2.25. The molecule has 1 heteroatoms. The minimum absolute atomic E-state index is 0.931. The summed E-state index contributed by atoms with van der Waals surface area (Å²) in [7, 11) is 0. The fraction of sp³-hybridized carbons (Fsp3) is 0.0204. The van der Waals surface area contributed by atoms with Gasteiger partial charge in [0.25, 0.3) is 0 Å². The van der Waals surface area contributed by atoms with Crippen molar-refractivity contribution in [3.63, 3.8) is 0 Å². The molecular weight excluding hydrogens is 603 g/mol. The maximum Gasteiger partial charge on any atom is 0.0468 e. The molecule has 0 saturated carbocycles. The van der Waals surface area contributed by atoms with Crippen LogP contribution in [0.15, 0.2) is 188 Å². The van der Waals surface area contributed by atoms with Crippen LogP contribution in [-0.4, -0.2) is 0 Å². The summed E-state index contributed by atoms with van der Waals surface area (Å²) in [5, 5.41) is 7.73. The van der Waals surface area contributed by atoms with Crippen LogP contribution < -0.4 is 4.90 Å². The molecule has 0 bridgehead atoms. The van der Waals surface area contributed by atoms with Crippen LogP contribution in [0, 0.1) is 0 Å². The first kappa shape index (κ1) is 28.6. The lowest BCUT2D eigenvalue weighted by Gasteiger charge is -2.26. The molecule has 234 valence electrons. The second-order valence-electron chi connectivity index (χ2n) is 13.3. The van der Waals surface area contributed by atoms with Crippen molar-refractivity contribution in [2.45, 2.75) is 6.42 Å². The van der Waals surface area contributed by atoms with E-state index in [1.54, 1.807) is 0 Å². The second-order valence-corrected chi connectivity index (χ2v) is 13.3. The number of benzene rings is 9. The van der Waals surface area contributed by atoms with E-state index in [4.69, 9.17) is 0 Å². The van der Waals surface area contributed by atoms with Crippen molar-refractivity contribution in [2.24, 2.45) is 0 Å². The van der Waals surface area contributed by atoms with Gasteiger partial charge in [-0.3, -0.25) is 0 Å². The molecule has 0 atom stereocenters. The fourth-order valence-electron chi connectivity index (χ4n) is 8.15. The Balaban J connectivity index is 1.06. The molecule has 1 aliphatic rings. The van der Waals surface area contributed by atoms with Crippen LogP contribution in [0.2, 0.25) is 0 Å². The molecule has 0 aliphatic heterocycles. The minimum Gasteiger partial charge on any atom is -0.310 e. The van der Waals surface area contributed by atoms with E-state index in [0.717, 1.165) is 23.5 Å². The summed E-state index contributed by atoms with van der Waals surface area (Å²) in [5.74, 6) is 0. The van der Waals surface area contributed by atoms with Crippen LogP contribution in [0.4, 0.5) is 17.1 Å². The number of nitrogens with zero attached hydrogens (tertiary/aromatic N) is 1. The maximum absolute atomic E-state index is 2.43. The molecule has 1 nitrogen and oxygen atoms in total. The Bertz CT molecular complexity index is 2710. The van der Waals surface area contributed by atoms with Crippen LogP contribution in [0.3, 0.4) is 0 Å². The molecule has 0 N–H and O–H groups in total. The molecule has 9 aromatic carbocycles. The summed E-state index contributed by atoms with van der Waals surface area (Å²) in [5.41, 5.74) is 14.1. The van der Waals surface area contributed by atoms with E-state index in [9.17, 15) is 0 Å². The zero-order valence-corrected chi connectivity index (χ0v) is 27.6. The lowest BCUT2D eigenvalue weighted by Crippen LogP contribution is -2.09. The zero-order chi connectivity index (χ0) is 33.0. The third kappa shape index (κ3) is 4.63. The number of fused-ring (bicyclic) bond motifs is 8. The van der Waals surface area contributed by atoms with E-state index < -0.39 is 0 Å². The summed E-state index contributed by atoms with van der Waals surface area (Å²) in [6, 6.07) is 68.8. The number of rotatable bonds is 5. The van der Waals surface area contributed by atoms with E-state index in [0.29, 0.717) is 0 Å². The molecule has 0 aromatic heterocycles. The number of para-hydroxylation sites is 1. The molecule has 0 saturated heterocycles. The summed E-state index contributed by atoms with van der Waals surface area (Å²) in [6.07, 6.45) is 0.931. The first-order valence-electron chi connectivity index (χ1n) is 17.4. The lowest BCUT2D eigenvalue weighted by atomic mass is 9.91. The highest BCUT2D eigenvalue weighted by atomic mass is 15.1. The van der Waals surface area contributed by atoms with E-state index in [1.807, 2.05) is 0 Å². The van der Waals surface area contributed by atoms with Gasteiger partial charge in [0.05, 0.1) is 0 Å². The SMILES string of the molecule is c1ccc(-c2cc3c(c4ccccc24)Cc2c(-c4ccc(N(c5ccccc5)c5ccc6c(ccc7ccccc76)c5)cc4)cccc2-3)cc1. The van der Waals surface area contributed by atoms with Gasteiger partial charge in [-0.15, -0.1) is 0 Å². The van der Waals surface area contributed by atoms with Crippen LogP contribution in [0.1, 0.15) is 11.1 Å². The Labute approximate surface area is 292 Å². The standard InChI is InChI=1S/C49H33N/c1-3-12-33(13-4-1)46-31-48-45-21-11-20-41(47(45)32-49(48)44-19-10-9-18-43(44)46)35-24-26-38(27-25-35)50(37-15-5-2-6-16-37)39-28-29-42-36(30-39)23-22-34-14-7-8-17-40(34)42/h1-31H,32H2. The first-order chi connectivity index (χ1) is 24.8. The van der Waals surface area contributed by atoms with Crippen molar-refractivity contribution in [3.8, 4) is 33.4 Å². The van der Waals surface area contributed by atoms with E-state index in [-0.39, 0.29) is 0 Å². The van der Waals surface area contributed by atoms with Crippen LogP contribution in [0.25, 0.3) is 65.7 Å². The maximum atomic E-state index is 2.43. The average molecular weight is 636 g/mol. The van der Waals surface area contributed by atoms with E-state index >= 15 is 0 Å². The van der Waals surface area contributed by atoms with Gasteiger partial charge < -0.3 is 4.90 Å². The van der Waals surface area contributed by atoms with Crippen molar-refractivity contribution in [1.82, 2.24) is 0 Å². The predicted octanol–water partition coefficient (Wildman–Crippen LogP) is 13.5. The Kier molecular flexibility index (Phi) is 6.63. The Hall–Kier alpha value is -6.44. The fourth-order valence-corrected chi connectivity index (χ4v) is 8.15. The first-order valence-corrected chi connectivity index (χ1v) is 17.4. The monoisotopic (exact) mass is 635 g/mol. The summed E-state index contributed by atoms with van der Waals surface area (Å²) in [6.45, 7) is 0. The molecule has 0 heterocycles.